The molecule has 7 heteroatoms. The van der Waals surface area contributed by atoms with E-state index in [1.807, 2.05) is 42.5 Å². The molecule has 0 aliphatic carbocycles. The van der Waals surface area contributed by atoms with Crippen LogP contribution < -0.4 is 5.32 Å². The summed E-state index contributed by atoms with van der Waals surface area (Å²) in [7, 11) is 7.60. The van der Waals surface area contributed by atoms with Crippen LogP contribution in [0.15, 0.2) is 77.8 Å². The molecule has 7 nitrogen and oxygen atoms in total. The van der Waals surface area contributed by atoms with Gasteiger partial charge in [0.15, 0.2) is 0 Å². The zero-order chi connectivity index (χ0) is 25.7. The van der Waals surface area contributed by atoms with Crippen molar-refractivity contribution in [2.24, 2.45) is 4.99 Å². The first-order valence-electron chi connectivity index (χ1n) is 11.9. The van der Waals surface area contributed by atoms with Crippen molar-refractivity contribution in [3.8, 4) is 0 Å². The quantitative estimate of drug-likeness (QED) is 0.362. The summed E-state index contributed by atoms with van der Waals surface area (Å²) in [4.78, 5) is 34.5. The second-order valence-electron chi connectivity index (χ2n) is 9.29. The SMILES string of the molecule is COC(=O)c1ccc2c(c1)NC(=O)C2C(=Nc1ccc(CN(C)CCN(C)C)cc1)c1ccccc1. The van der Waals surface area contributed by atoms with Crippen LogP contribution >= 0.6 is 0 Å². The average molecular weight is 485 g/mol. The van der Waals surface area contributed by atoms with Gasteiger partial charge in [-0.2, -0.15) is 0 Å². The maximum Gasteiger partial charge on any atom is 0.337 e. The van der Waals surface area contributed by atoms with Crippen molar-refractivity contribution in [1.29, 1.82) is 0 Å². The third-order valence-corrected chi connectivity index (χ3v) is 6.22. The number of carbonyl (C=O) groups excluding carboxylic acids is 2. The van der Waals surface area contributed by atoms with E-state index in [-0.39, 0.29) is 5.91 Å². The number of amides is 1. The van der Waals surface area contributed by atoms with Gasteiger partial charge >= 0.3 is 5.97 Å². The zero-order valence-electron chi connectivity index (χ0n) is 21.2. The van der Waals surface area contributed by atoms with Gasteiger partial charge in [0, 0.05) is 25.3 Å². The lowest BCUT2D eigenvalue weighted by Gasteiger charge is -2.19. The Morgan fingerprint density at radius 2 is 1.67 bits per heavy atom. The molecule has 0 radical (unpaired) electrons. The average Bonchev–Trinajstić information content (AvgIpc) is 3.21. The second kappa shape index (κ2) is 11.3. The summed E-state index contributed by atoms with van der Waals surface area (Å²) in [5.74, 6) is -1.21. The minimum Gasteiger partial charge on any atom is -0.465 e. The fourth-order valence-corrected chi connectivity index (χ4v) is 4.26. The monoisotopic (exact) mass is 484 g/mol. The number of ether oxygens (including phenoxy) is 1. The van der Waals surface area contributed by atoms with Gasteiger partial charge in [-0.15, -0.1) is 0 Å². The Hall–Kier alpha value is -3.81. The van der Waals surface area contributed by atoms with Crippen molar-refractivity contribution in [3.63, 3.8) is 0 Å². The molecule has 1 amide bonds. The Morgan fingerprint density at radius 1 is 0.944 bits per heavy atom. The molecular weight excluding hydrogens is 452 g/mol. The van der Waals surface area contributed by atoms with Gasteiger partial charge in [0.25, 0.3) is 0 Å². The largest absolute Gasteiger partial charge is 0.465 e. The highest BCUT2D eigenvalue weighted by atomic mass is 16.5. The van der Waals surface area contributed by atoms with Crippen molar-refractivity contribution >= 4 is 29.0 Å². The molecule has 0 saturated heterocycles. The molecule has 3 aromatic rings. The lowest BCUT2D eigenvalue weighted by Crippen LogP contribution is -2.28. The molecule has 0 saturated carbocycles. The molecule has 36 heavy (non-hydrogen) atoms. The Bertz CT molecular complexity index is 1250. The van der Waals surface area contributed by atoms with E-state index < -0.39 is 11.9 Å². The summed E-state index contributed by atoms with van der Waals surface area (Å²) in [6.07, 6.45) is 0. The number of hydrogen-bond donors (Lipinski definition) is 1. The van der Waals surface area contributed by atoms with Crippen molar-refractivity contribution in [1.82, 2.24) is 9.80 Å². The molecule has 1 aliphatic heterocycles. The fraction of sp³-hybridized carbons (Fsp3) is 0.276. The van der Waals surface area contributed by atoms with E-state index in [2.05, 4.69) is 48.4 Å². The molecule has 1 heterocycles. The Kier molecular flexibility index (Phi) is 7.93. The number of hydrogen-bond acceptors (Lipinski definition) is 6. The van der Waals surface area contributed by atoms with Gasteiger partial charge in [-0.05, 0) is 62.1 Å². The third kappa shape index (κ3) is 5.87. The zero-order valence-corrected chi connectivity index (χ0v) is 21.2. The van der Waals surface area contributed by atoms with E-state index in [0.717, 1.165) is 36.4 Å². The number of nitrogens with zero attached hydrogens (tertiary/aromatic N) is 3. The molecule has 3 aromatic carbocycles. The summed E-state index contributed by atoms with van der Waals surface area (Å²) in [6.45, 7) is 2.84. The van der Waals surface area contributed by atoms with Crippen LogP contribution in [-0.2, 0) is 16.1 Å². The summed E-state index contributed by atoms with van der Waals surface area (Å²) < 4.78 is 4.82. The van der Waals surface area contributed by atoms with E-state index >= 15 is 0 Å². The van der Waals surface area contributed by atoms with Crippen molar-refractivity contribution in [3.05, 3.63) is 95.1 Å². The van der Waals surface area contributed by atoms with Crippen LogP contribution in [0.1, 0.15) is 33.0 Å². The van der Waals surface area contributed by atoms with Crippen LogP contribution in [0, 0.1) is 0 Å². The first-order valence-corrected chi connectivity index (χ1v) is 11.9. The highest BCUT2D eigenvalue weighted by molar-refractivity contribution is 6.24. The minimum atomic E-state index is -0.592. The smallest absolute Gasteiger partial charge is 0.337 e. The van der Waals surface area contributed by atoms with Gasteiger partial charge in [-0.1, -0.05) is 48.5 Å². The highest BCUT2D eigenvalue weighted by Gasteiger charge is 2.36. The molecule has 186 valence electrons. The number of benzene rings is 3. The summed E-state index contributed by atoms with van der Waals surface area (Å²) in [5, 5.41) is 2.92. The van der Waals surface area contributed by atoms with Crippen LogP contribution in [0.2, 0.25) is 0 Å². The maximum atomic E-state index is 13.2. The van der Waals surface area contributed by atoms with Crippen LogP contribution in [0.3, 0.4) is 0 Å². The summed E-state index contributed by atoms with van der Waals surface area (Å²) in [5.41, 5.74) is 5.30. The molecular formula is C29H32N4O3. The lowest BCUT2D eigenvalue weighted by molar-refractivity contribution is -0.115. The molecule has 1 N–H and O–H groups in total. The highest BCUT2D eigenvalue weighted by Crippen LogP contribution is 2.37. The minimum absolute atomic E-state index is 0.172. The topological polar surface area (TPSA) is 74.2 Å². The van der Waals surface area contributed by atoms with E-state index in [1.165, 1.54) is 12.7 Å². The van der Waals surface area contributed by atoms with Gasteiger partial charge in [0.2, 0.25) is 5.91 Å². The van der Waals surface area contributed by atoms with Gasteiger partial charge in [-0.25, -0.2) is 4.79 Å². The molecule has 1 unspecified atom stereocenters. The predicted octanol–water partition coefficient (Wildman–Crippen LogP) is 4.32. The molecule has 1 atom stereocenters. The number of methoxy groups -OCH3 is 1. The van der Waals surface area contributed by atoms with Crippen LogP contribution in [-0.4, -0.2) is 68.7 Å². The molecule has 4 rings (SSSR count). The second-order valence-corrected chi connectivity index (χ2v) is 9.29. The van der Waals surface area contributed by atoms with E-state index in [4.69, 9.17) is 9.73 Å². The van der Waals surface area contributed by atoms with Gasteiger partial charge in [0.1, 0.15) is 5.92 Å². The van der Waals surface area contributed by atoms with Gasteiger partial charge < -0.3 is 19.9 Å². The van der Waals surface area contributed by atoms with E-state index in [0.29, 0.717) is 17.0 Å². The number of rotatable bonds is 9. The van der Waals surface area contributed by atoms with Crippen LogP contribution in [0.5, 0.6) is 0 Å². The Labute approximate surface area is 212 Å². The third-order valence-electron chi connectivity index (χ3n) is 6.22. The maximum absolute atomic E-state index is 13.2. The normalized spacial score (nSPS) is 15.2. The van der Waals surface area contributed by atoms with Crippen LogP contribution in [0.4, 0.5) is 11.4 Å². The number of likely N-dealkylation sites (N-methyl/N-ethyl adjacent to an activating group) is 2. The van der Waals surface area contributed by atoms with Crippen molar-refractivity contribution < 1.29 is 14.3 Å². The Morgan fingerprint density at radius 3 is 2.33 bits per heavy atom. The number of aliphatic imine (C=N–C) groups is 1. The number of nitrogens with one attached hydrogen (secondary N) is 1. The first-order chi connectivity index (χ1) is 17.4. The van der Waals surface area contributed by atoms with Gasteiger partial charge in [0.05, 0.1) is 24.1 Å². The van der Waals surface area contributed by atoms with E-state index in [9.17, 15) is 9.59 Å². The molecule has 0 fully saturated rings. The fourth-order valence-electron chi connectivity index (χ4n) is 4.26. The number of carbonyl (C=O) groups is 2. The van der Waals surface area contributed by atoms with Crippen LogP contribution in [0.25, 0.3) is 0 Å². The predicted molar refractivity (Wildman–Crippen MR) is 143 cm³/mol. The van der Waals surface area contributed by atoms with E-state index in [1.54, 1.807) is 18.2 Å². The molecule has 0 spiro atoms. The summed E-state index contributed by atoms with van der Waals surface area (Å²) in [6, 6.07) is 23.0. The lowest BCUT2D eigenvalue weighted by atomic mass is 9.90. The number of anilines is 1. The van der Waals surface area contributed by atoms with Crippen molar-refractivity contribution in [2.75, 3.05) is 46.7 Å². The number of fused-ring (bicyclic) bond motifs is 1. The molecule has 0 aromatic heterocycles. The standard InChI is InChI=1S/C29H32N4O3/c1-32(2)16-17-33(3)19-20-10-13-23(14-11-20)30-27(21-8-6-5-7-9-21)26-24-15-12-22(29(35)36-4)18-25(24)31-28(26)34/h5-15,18,26H,16-17,19H2,1-4H3,(H,31,34). The number of esters is 1. The van der Waals surface area contributed by atoms with Crippen molar-refractivity contribution in [2.45, 2.75) is 12.5 Å². The summed E-state index contributed by atoms with van der Waals surface area (Å²) >= 11 is 0. The Balaban J connectivity index is 1.64. The first kappa shape index (κ1) is 25.3. The molecule has 1 aliphatic rings. The van der Waals surface area contributed by atoms with Gasteiger partial charge in [-0.3, -0.25) is 9.79 Å². The molecule has 0 bridgehead atoms.